The molecule has 1 aromatic heterocycles. The summed E-state index contributed by atoms with van der Waals surface area (Å²) in [6.07, 6.45) is 0.798. The van der Waals surface area contributed by atoms with Gasteiger partial charge in [-0.2, -0.15) is 4.98 Å². The summed E-state index contributed by atoms with van der Waals surface area (Å²) in [5.41, 5.74) is 1.34. The van der Waals surface area contributed by atoms with E-state index in [1.165, 1.54) is 7.11 Å². The Morgan fingerprint density at radius 2 is 2.27 bits per heavy atom. The smallest absolute Gasteiger partial charge is 0.338 e. The molecule has 0 unspecified atom stereocenters. The highest BCUT2D eigenvalue weighted by molar-refractivity contribution is 5.90. The first-order valence-corrected chi connectivity index (χ1v) is 6.90. The summed E-state index contributed by atoms with van der Waals surface area (Å²) in [6, 6.07) is 3.38. The SMILES string of the molecule is COc1cc(C(=O)OCc2nc(C)no2)cc2c1O[C@@H](C)C2. The van der Waals surface area contributed by atoms with Gasteiger partial charge in [-0.05, 0) is 26.0 Å². The molecule has 0 bridgehead atoms. The summed E-state index contributed by atoms with van der Waals surface area (Å²) in [6.45, 7) is 3.60. The van der Waals surface area contributed by atoms with Gasteiger partial charge in [-0.25, -0.2) is 4.79 Å². The van der Waals surface area contributed by atoms with Crippen molar-refractivity contribution in [2.75, 3.05) is 7.11 Å². The van der Waals surface area contributed by atoms with E-state index in [-0.39, 0.29) is 18.6 Å². The quantitative estimate of drug-likeness (QED) is 0.799. The van der Waals surface area contributed by atoms with E-state index in [0.717, 1.165) is 12.0 Å². The summed E-state index contributed by atoms with van der Waals surface area (Å²) in [5.74, 6) is 1.50. The number of aryl methyl sites for hydroxylation is 1. The third kappa shape index (κ3) is 2.74. The van der Waals surface area contributed by atoms with Crippen molar-refractivity contribution >= 4 is 5.97 Å². The molecule has 0 radical (unpaired) electrons. The average Bonchev–Trinajstić information content (AvgIpc) is 3.08. The minimum absolute atomic E-state index is 0.0635. The lowest BCUT2D eigenvalue weighted by molar-refractivity contribution is 0.0429. The van der Waals surface area contributed by atoms with E-state index in [1.54, 1.807) is 19.1 Å². The van der Waals surface area contributed by atoms with Crippen LogP contribution in [0, 0.1) is 6.92 Å². The highest BCUT2D eigenvalue weighted by Gasteiger charge is 2.25. The number of hydrogen-bond acceptors (Lipinski definition) is 7. The minimum atomic E-state index is -0.475. The number of methoxy groups -OCH3 is 1. The van der Waals surface area contributed by atoms with Gasteiger partial charge in [0.25, 0.3) is 5.89 Å². The van der Waals surface area contributed by atoms with Crippen molar-refractivity contribution in [2.45, 2.75) is 33.0 Å². The van der Waals surface area contributed by atoms with Gasteiger partial charge in [0.05, 0.1) is 12.7 Å². The van der Waals surface area contributed by atoms with E-state index in [2.05, 4.69) is 10.1 Å². The third-order valence-electron chi connectivity index (χ3n) is 3.31. The second-order valence-electron chi connectivity index (χ2n) is 5.11. The second-order valence-corrected chi connectivity index (χ2v) is 5.11. The number of ether oxygens (including phenoxy) is 3. The second kappa shape index (κ2) is 5.67. The molecular formula is C15H16N2O5. The molecule has 3 rings (SSSR count). The van der Waals surface area contributed by atoms with E-state index in [4.69, 9.17) is 18.7 Å². The molecule has 1 aromatic carbocycles. The largest absolute Gasteiger partial charge is 0.493 e. The van der Waals surface area contributed by atoms with Crippen LogP contribution in [0.4, 0.5) is 0 Å². The molecule has 0 spiro atoms. The van der Waals surface area contributed by atoms with Gasteiger partial charge in [0.1, 0.15) is 6.10 Å². The minimum Gasteiger partial charge on any atom is -0.493 e. The fourth-order valence-electron chi connectivity index (χ4n) is 2.38. The van der Waals surface area contributed by atoms with Gasteiger partial charge in [-0.3, -0.25) is 0 Å². The summed E-state index contributed by atoms with van der Waals surface area (Å²) in [4.78, 5) is 16.1. The first kappa shape index (κ1) is 14.4. The summed E-state index contributed by atoms with van der Waals surface area (Å²) < 4.78 is 21.1. The lowest BCUT2D eigenvalue weighted by atomic mass is 10.1. The van der Waals surface area contributed by atoms with Crippen molar-refractivity contribution in [1.82, 2.24) is 10.1 Å². The maximum Gasteiger partial charge on any atom is 0.338 e. The van der Waals surface area contributed by atoms with Crippen molar-refractivity contribution in [3.05, 3.63) is 35.0 Å². The predicted octanol–water partition coefficient (Wildman–Crippen LogP) is 2.07. The molecule has 7 nitrogen and oxygen atoms in total. The van der Waals surface area contributed by atoms with Gasteiger partial charge in [-0.1, -0.05) is 5.16 Å². The zero-order chi connectivity index (χ0) is 15.7. The summed E-state index contributed by atoms with van der Waals surface area (Å²) in [7, 11) is 1.54. The van der Waals surface area contributed by atoms with Crippen LogP contribution in [-0.4, -0.2) is 29.3 Å². The van der Waals surface area contributed by atoms with Crippen molar-refractivity contribution in [3.63, 3.8) is 0 Å². The number of fused-ring (bicyclic) bond motifs is 1. The Bertz CT molecular complexity index is 710. The van der Waals surface area contributed by atoms with E-state index >= 15 is 0 Å². The van der Waals surface area contributed by atoms with Crippen molar-refractivity contribution in [2.24, 2.45) is 0 Å². The van der Waals surface area contributed by atoms with Gasteiger partial charge in [0.15, 0.2) is 23.9 Å². The van der Waals surface area contributed by atoms with Gasteiger partial charge in [0.2, 0.25) is 0 Å². The van der Waals surface area contributed by atoms with Crippen LogP contribution < -0.4 is 9.47 Å². The molecule has 0 aliphatic carbocycles. The van der Waals surface area contributed by atoms with E-state index < -0.39 is 5.97 Å². The molecule has 116 valence electrons. The van der Waals surface area contributed by atoms with Crippen LogP contribution in [0.5, 0.6) is 11.5 Å². The summed E-state index contributed by atoms with van der Waals surface area (Å²) >= 11 is 0. The number of rotatable bonds is 4. The Morgan fingerprint density at radius 3 is 2.95 bits per heavy atom. The van der Waals surface area contributed by atoms with Crippen molar-refractivity contribution < 1.29 is 23.5 Å². The molecule has 0 amide bonds. The number of esters is 1. The number of benzene rings is 1. The molecule has 22 heavy (non-hydrogen) atoms. The number of carbonyl (C=O) groups excluding carboxylic acids is 1. The Morgan fingerprint density at radius 1 is 1.45 bits per heavy atom. The third-order valence-corrected chi connectivity index (χ3v) is 3.31. The van der Waals surface area contributed by atoms with Crippen LogP contribution in [0.3, 0.4) is 0 Å². The monoisotopic (exact) mass is 304 g/mol. The van der Waals surface area contributed by atoms with E-state index in [9.17, 15) is 4.79 Å². The van der Waals surface area contributed by atoms with Gasteiger partial charge < -0.3 is 18.7 Å². The Balaban J connectivity index is 1.77. The average molecular weight is 304 g/mol. The predicted molar refractivity (Wildman–Crippen MR) is 74.9 cm³/mol. The van der Waals surface area contributed by atoms with Crippen LogP contribution >= 0.6 is 0 Å². The number of carbonyl (C=O) groups is 1. The molecule has 1 atom stereocenters. The van der Waals surface area contributed by atoms with Crippen LogP contribution in [0.15, 0.2) is 16.7 Å². The molecule has 0 saturated carbocycles. The fraction of sp³-hybridized carbons (Fsp3) is 0.400. The number of hydrogen-bond donors (Lipinski definition) is 0. The topological polar surface area (TPSA) is 83.7 Å². The van der Waals surface area contributed by atoms with Crippen LogP contribution in [0.1, 0.15) is 34.6 Å². The maximum absolute atomic E-state index is 12.2. The normalized spacial score (nSPS) is 16.0. The molecular weight excluding hydrogens is 288 g/mol. The number of nitrogens with zero attached hydrogens (tertiary/aromatic N) is 2. The molecule has 2 heterocycles. The first-order chi connectivity index (χ1) is 10.6. The molecule has 1 aliphatic heterocycles. The Hall–Kier alpha value is -2.57. The summed E-state index contributed by atoms with van der Waals surface area (Å²) in [5, 5.41) is 3.64. The zero-order valence-corrected chi connectivity index (χ0v) is 12.6. The van der Waals surface area contributed by atoms with Gasteiger partial charge >= 0.3 is 5.97 Å². The van der Waals surface area contributed by atoms with Gasteiger partial charge in [-0.15, -0.1) is 0 Å². The Labute approximate surface area is 127 Å². The van der Waals surface area contributed by atoms with Gasteiger partial charge in [0, 0.05) is 12.0 Å². The maximum atomic E-state index is 12.2. The zero-order valence-electron chi connectivity index (χ0n) is 12.6. The Kier molecular flexibility index (Phi) is 3.70. The fourth-order valence-corrected chi connectivity index (χ4v) is 2.38. The molecule has 0 fully saturated rings. The highest BCUT2D eigenvalue weighted by atomic mass is 16.6. The highest BCUT2D eigenvalue weighted by Crippen LogP contribution is 2.39. The molecule has 2 aromatic rings. The van der Waals surface area contributed by atoms with Crippen molar-refractivity contribution in [1.29, 1.82) is 0 Å². The molecule has 1 aliphatic rings. The first-order valence-electron chi connectivity index (χ1n) is 6.90. The van der Waals surface area contributed by atoms with Crippen LogP contribution in [0.2, 0.25) is 0 Å². The molecule has 7 heteroatoms. The van der Waals surface area contributed by atoms with E-state index in [0.29, 0.717) is 22.9 Å². The standard InChI is InChI=1S/C15H16N2O5/c1-8-4-10-5-11(6-12(19-3)14(10)21-8)15(18)20-7-13-16-9(2)17-22-13/h5-6,8H,4,7H2,1-3H3/t8-/m0/s1. The van der Waals surface area contributed by atoms with Crippen molar-refractivity contribution in [3.8, 4) is 11.5 Å². The van der Waals surface area contributed by atoms with Crippen LogP contribution in [-0.2, 0) is 17.8 Å². The molecule has 0 N–H and O–H groups in total. The lowest BCUT2D eigenvalue weighted by Gasteiger charge is -2.10. The lowest BCUT2D eigenvalue weighted by Crippen LogP contribution is -2.06. The molecule has 0 saturated heterocycles. The number of aromatic nitrogens is 2. The van der Waals surface area contributed by atoms with Crippen LogP contribution in [0.25, 0.3) is 0 Å². The van der Waals surface area contributed by atoms with E-state index in [1.807, 2.05) is 6.92 Å².